The molecule has 2 aliphatic heterocycles. The summed E-state index contributed by atoms with van der Waals surface area (Å²) in [5.74, 6) is -0.0739. The first-order valence-electron chi connectivity index (χ1n) is 8.47. The summed E-state index contributed by atoms with van der Waals surface area (Å²) in [5, 5.41) is 8.77. The number of hydrogen-bond acceptors (Lipinski definition) is 5. The van der Waals surface area contributed by atoms with Gasteiger partial charge in [0.2, 0.25) is 5.91 Å². The number of hydrogen-bond donors (Lipinski definition) is 1. The van der Waals surface area contributed by atoms with Gasteiger partial charge in [-0.1, -0.05) is 0 Å². The monoisotopic (exact) mass is 328 g/mol. The van der Waals surface area contributed by atoms with Gasteiger partial charge in [-0.15, -0.1) is 0 Å². The van der Waals surface area contributed by atoms with Gasteiger partial charge in [0, 0.05) is 26.7 Å². The van der Waals surface area contributed by atoms with Crippen LogP contribution in [0, 0.1) is 0 Å². The topological polar surface area (TPSA) is 79.3 Å². The highest BCUT2D eigenvalue weighted by molar-refractivity contribution is 5.87. The van der Waals surface area contributed by atoms with Crippen LogP contribution in [0.4, 0.5) is 0 Å². The third kappa shape index (κ3) is 5.16. The minimum atomic E-state index is -0.414. The summed E-state index contributed by atoms with van der Waals surface area (Å²) >= 11 is 0. The molecule has 0 saturated carbocycles. The normalized spacial score (nSPS) is 23.9. The Kier molecular flexibility index (Phi) is 7.26. The predicted octanol–water partition coefficient (Wildman–Crippen LogP) is 0.0138. The van der Waals surface area contributed by atoms with Crippen LogP contribution < -0.4 is 0 Å². The number of amides is 2. The maximum atomic E-state index is 12.5. The molecule has 23 heavy (non-hydrogen) atoms. The first kappa shape index (κ1) is 18.2. The van der Waals surface area contributed by atoms with E-state index in [1.54, 1.807) is 16.9 Å². The molecule has 0 bridgehead atoms. The van der Waals surface area contributed by atoms with Gasteiger partial charge in [0.15, 0.2) is 0 Å². The van der Waals surface area contributed by atoms with E-state index >= 15 is 0 Å². The van der Waals surface area contributed by atoms with Gasteiger partial charge in [-0.05, 0) is 32.1 Å². The van der Waals surface area contributed by atoms with Gasteiger partial charge >= 0.3 is 0 Å². The smallest absolute Gasteiger partial charge is 0.252 e. The first-order valence-corrected chi connectivity index (χ1v) is 8.47. The van der Waals surface area contributed by atoms with E-state index in [1.165, 1.54) is 0 Å². The van der Waals surface area contributed by atoms with Crippen LogP contribution >= 0.6 is 0 Å². The molecule has 2 heterocycles. The summed E-state index contributed by atoms with van der Waals surface area (Å²) in [6.45, 7) is 2.42. The molecule has 0 radical (unpaired) electrons. The van der Waals surface area contributed by atoms with E-state index in [1.807, 2.05) is 0 Å². The van der Waals surface area contributed by atoms with Crippen LogP contribution in [-0.2, 0) is 19.1 Å². The van der Waals surface area contributed by atoms with Crippen molar-refractivity contribution in [2.75, 3.05) is 46.5 Å². The van der Waals surface area contributed by atoms with E-state index in [0.29, 0.717) is 26.2 Å². The van der Waals surface area contributed by atoms with Crippen LogP contribution in [0.3, 0.4) is 0 Å². The van der Waals surface area contributed by atoms with Crippen molar-refractivity contribution in [1.29, 1.82) is 0 Å². The van der Waals surface area contributed by atoms with E-state index in [-0.39, 0.29) is 31.1 Å². The van der Waals surface area contributed by atoms with Crippen LogP contribution in [0.2, 0.25) is 0 Å². The summed E-state index contributed by atoms with van der Waals surface area (Å²) in [6, 6.07) is 0. The molecular weight excluding hydrogens is 300 g/mol. The van der Waals surface area contributed by atoms with Crippen molar-refractivity contribution in [3.63, 3.8) is 0 Å². The van der Waals surface area contributed by atoms with Crippen molar-refractivity contribution < 1.29 is 24.2 Å². The molecule has 1 N–H and O–H groups in total. The number of rotatable bonds is 6. The van der Waals surface area contributed by atoms with Crippen molar-refractivity contribution in [2.45, 2.75) is 44.3 Å². The van der Waals surface area contributed by atoms with Crippen molar-refractivity contribution in [3.8, 4) is 0 Å². The Bertz CT molecular complexity index is 396. The number of aliphatic hydroxyl groups is 1. The number of carbonyl (C=O) groups is 2. The lowest BCUT2D eigenvalue weighted by atomic mass is 10.1. The van der Waals surface area contributed by atoms with E-state index in [9.17, 15) is 9.59 Å². The molecule has 7 heteroatoms. The van der Waals surface area contributed by atoms with Gasteiger partial charge in [-0.3, -0.25) is 9.59 Å². The Balaban J connectivity index is 1.81. The number of piperidine rings is 1. The van der Waals surface area contributed by atoms with E-state index < -0.39 is 6.10 Å². The fraction of sp³-hybridized carbons (Fsp3) is 0.875. The Labute approximate surface area is 137 Å². The largest absolute Gasteiger partial charge is 0.394 e. The molecule has 132 valence electrons. The van der Waals surface area contributed by atoms with Gasteiger partial charge in [0.1, 0.15) is 6.10 Å². The van der Waals surface area contributed by atoms with Crippen molar-refractivity contribution >= 4 is 11.8 Å². The zero-order valence-corrected chi connectivity index (χ0v) is 13.9. The number of carbonyl (C=O) groups excluding carboxylic acids is 2. The summed E-state index contributed by atoms with van der Waals surface area (Å²) in [5.41, 5.74) is 0. The molecule has 1 atom stereocenters. The van der Waals surface area contributed by atoms with Gasteiger partial charge < -0.3 is 24.4 Å². The van der Waals surface area contributed by atoms with Crippen molar-refractivity contribution in [2.24, 2.45) is 0 Å². The minimum absolute atomic E-state index is 0.00397. The Hall–Kier alpha value is -1.18. The third-order valence-electron chi connectivity index (χ3n) is 4.58. The molecule has 2 fully saturated rings. The molecule has 2 rings (SSSR count). The van der Waals surface area contributed by atoms with Crippen LogP contribution in [0.15, 0.2) is 0 Å². The molecular formula is C16H28N2O5. The maximum absolute atomic E-state index is 12.5. The summed E-state index contributed by atoms with van der Waals surface area (Å²) in [4.78, 5) is 28.2. The highest BCUT2D eigenvalue weighted by Gasteiger charge is 2.30. The molecule has 1 unspecified atom stereocenters. The van der Waals surface area contributed by atoms with Crippen LogP contribution in [0.1, 0.15) is 32.1 Å². The summed E-state index contributed by atoms with van der Waals surface area (Å²) in [7, 11) is 1.55. The first-order chi connectivity index (χ1) is 11.2. The maximum Gasteiger partial charge on any atom is 0.252 e. The molecule has 0 aromatic heterocycles. The summed E-state index contributed by atoms with van der Waals surface area (Å²) < 4.78 is 10.7. The van der Waals surface area contributed by atoms with Gasteiger partial charge in [0.25, 0.3) is 5.91 Å². The molecule has 7 nitrogen and oxygen atoms in total. The third-order valence-corrected chi connectivity index (χ3v) is 4.58. The van der Waals surface area contributed by atoms with E-state index in [0.717, 1.165) is 32.1 Å². The number of methoxy groups -OCH3 is 1. The van der Waals surface area contributed by atoms with Crippen LogP contribution in [-0.4, -0.2) is 85.4 Å². The van der Waals surface area contributed by atoms with Crippen molar-refractivity contribution in [3.05, 3.63) is 0 Å². The Morgan fingerprint density at radius 3 is 2.61 bits per heavy atom. The molecule has 2 aliphatic rings. The second-order valence-corrected chi connectivity index (χ2v) is 6.15. The Morgan fingerprint density at radius 1 is 1.22 bits per heavy atom. The SMILES string of the molecule is COC1CCCCN(CC(=O)N2CCC(OCCO)CC2)C1=O. The zero-order chi connectivity index (χ0) is 16.7. The van der Waals surface area contributed by atoms with Gasteiger partial charge in [-0.2, -0.15) is 0 Å². The Morgan fingerprint density at radius 2 is 1.96 bits per heavy atom. The molecule has 0 aliphatic carbocycles. The lowest BCUT2D eigenvalue weighted by molar-refractivity contribution is -0.147. The molecule has 2 amide bonds. The standard InChI is InChI=1S/C16H28N2O5/c1-22-14-4-2-3-7-18(16(14)21)12-15(20)17-8-5-13(6-9-17)23-11-10-19/h13-14,19H,2-12H2,1H3. The number of nitrogens with zero attached hydrogens (tertiary/aromatic N) is 2. The van der Waals surface area contributed by atoms with E-state index in [2.05, 4.69) is 0 Å². The lowest BCUT2D eigenvalue weighted by Crippen LogP contribution is -2.48. The predicted molar refractivity (Wildman–Crippen MR) is 83.9 cm³/mol. The summed E-state index contributed by atoms with van der Waals surface area (Å²) in [6.07, 6.45) is 3.85. The fourth-order valence-electron chi connectivity index (χ4n) is 3.20. The highest BCUT2D eigenvalue weighted by atomic mass is 16.5. The van der Waals surface area contributed by atoms with E-state index in [4.69, 9.17) is 14.6 Å². The van der Waals surface area contributed by atoms with Gasteiger partial charge in [0.05, 0.1) is 25.9 Å². The highest BCUT2D eigenvalue weighted by Crippen LogP contribution is 2.17. The number of aliphatic hydroxyl groups excluding tert-OH is 1. The number of likely N-dealkylation sites (tertiary alicyclic amines) is 2. The fourth-order valence-corrected chi connectivity index (χ4v) is 3.20. The van der Waals surface area contributed by atoms with Crippen molar-refractivity contribution in [1.82, 2.24) is 9.80 Å². The average Bonchev–Trinajstić information content (AvgIpc) is 2.75. The second-order valence-electron chi connectivity index (χ2n) is 6.15. The molecule has 0 spiro atoms. The zero-order valence-electron chi connectivity index (χ0n) is 13.9. The van der Waals surface area contributed by atoms with Gasteiger partial charge in [-0.25, -0.2) is 0 Å². The molecule has 0 aromatic carbocycles. The van der Waals surface area contributed by atoms with Crippen LogP contribution in [0.25, 0.3) is 0 Å². The molecule has 2 saturated heterocycles. The van der Waals surface area contributed by atoms with Crippen LogP contribution in [0.5, 0.6) is 0 Å². The number of ether oxygens (including phenoxy) is 2. The second kappa shape index (κ2) is 9.20. The minimum Gasteiger partial charge on any atom is -0.394 e. The molecule has 0 aromatic rings. The average molecular weight is 328 g/mol. The lowest BCUT2D eigenvalue weighted by Gasteiger charge is -2.33. The quantitative estimate of drug-likeness (QED) is 0.743.